The van der Waals surface area contributed by atoms with Crippen LogP contribution in [0.15, 0.2) is 24.3 Å². The van der Waals surface area contributed by atoms with E-state index in [2.05, 4.69) is 10.1 Å². The minimum Gasteiger partial charge on any atom is -0.507 e. The molecule has 0 unspecified atom stereocenters. The first kappa shape index (κ1) is 22.1. The van der Waals surface area contributed by atoms with E-state index in [1.165, 1.54) is 6.92 Å². The number of aromatic hydroxyl groups is 1. The van der Waals surface area contributed by atoms with Crippen LogP contribution < -0.4 is 0 Å². The van der Waals surface area contributed by atoms with Crippen molar-refractivity contribution in [3.8, 4) is 17.0 Å². The molecular weight excluding hydrogens is 421 g/mol. The number of rotatable bonds is 4. The predicted octanol–water partition coefficient (Wildman–Crippen LogP) is 4.70. The lowest BCUT2D eigenvalue weighted by atomic mass is 10.00. The molecule has 0 aliphatic carbocycles. The molecule has 0 spiro atoms. The van der Waals surface area contributed by atoms with Crippen LogP contribution in [-0.2, 0) is 17.5 Å². The molecule has 3 aromatic rings. The third-order valence-electron chi connectivity index (χ3n) is 6.06. The van der Waals surface area contributed by atoms with Gasteiger partial charge in [-0.1, -0.05) is 0 Å². The number of amides is 1. The summed E-state index contributed by atoms with van der Waals surface area (Å²) in [6, 6.07) is 5.37. The van der Waals surface area contributed by atoms with Crippen LogP contribution in [0.3, 0.4) is 0 Å². The average Bonchev–Trinajstić information content (AvgIpc) is 3.20. The van der Waals surface area contributed by atoms with Crippen LogP contribution in [0.1, 0.15) is 37.1 Å². The van der Waals surface area contributed by atoms with E-state index in [0.717, 1.165) is 23.2 Å². The highest BCUT2D eigenvalue weighted by molar-refractivity contribution is 5.83. The van der Waals surface area contributed by atoms with Gasteiger partial charge in [-0.15, -0.1) is 0 Å². The molecule has 1 N–H and O–H groups in total. The topological polar surface area (TPSA) is 71.2 Å². The van der Waals surface area contributed by atoms with Gasteiger partial charge in [0.2, 0.25) is 5.91 Å². The van der Waals surface area contributed by atoms with Crippen molar-refractivity contribution < 1.29 is 23.1 Å². The monoisotopic (exact) mass is 446 g/mol. The Hall–Kier alpha value is -3.10. The SMILES string of the molecule is Cc1cc(C(F)(F)F)cc(O)c1-c1ccc2c(C)n(C[C@@H]3CC(=O)N(C(C)C)C3)nc2n1. The molecule has 3 heterocycles. The van der Waals surface area contributed by atoms with Gasteiger partial charge < -0.3 is 10.0 Å². The zero-order valence-electron chi connectivity index (χ0n) is 18.4. The Bertz CT molecular complexity index is 1180. The number of hydrogen-bond donors (Lipinski definition) is 1. The number of fused-ring (bicyclic) bond motifs is 1. The van der Waals surface area contributed by atoms with Gasteiger partial charge in [-0.25, -0.2) is 4.98 Å². The Morgan fingerprint density at radius 1 is 1.22 bits per heavy atom. The quantitative estimate of drug-likeness (QED) is 0.631. The molecule has 1 aliphatic rings. The summed E-state index contributed by atoms with van der Waals surface area (Å²) in [5, 5.41) is 15.7. The van der Waals surface area contributed by atoms with Gasteiger partial charge in [0.25, 0.3) is 0 Å². The van der Waals surface area contributed by atoms with E-state index >= 15 is 0 Å². The number of aryl methyl sites for hydroxylation is 2. The lowest BCUT2D eigenvalue weighted by Gasteiger charge is -2.21. The van der Waals surface area contributed by atoms with Crippen molar-refractivity contribution in [3.05, 3.63) is 41.1 Å². The van der Waals surface area contributed by atoms with E-state index < -0.39 is 17.5 Å². The number of pyridine rings is 1. The number of halogens is 3. The summed E-state index contributed by atoms with van der Waals surface area (Å²) in [6.45, 7) is 8.70. The fraction of sp³-hybridized carbons (Fsp3) is 0.435. The molecule has 0 saturated carbocycles. The molecule has 2 aromatic heterocycles. The Morgan fingerprint density at radius 3 is 2.53 bits per heavy atom. The summed E-state index contributed by atoms with van der Waals surface area (Å²) in [5.74, 6) is -0.176. The van der Waals surface area contributed by atoms with Crippen molar-refractivity contribution >= 4 is 16.9 Å². The number of carbonyl (C=O) groups is 1. The largest absolute Gasteiger partial charge is 0.507 e. The van der Waals surface area contributed by atoms with Crippen molar-refractivity contribution in [1.29, 1.82) is 0 Å². The molecule has 9 heteroatoms. The van der Waals surface area contributed by atoms with Gasteiger partial charge in [0.1, 0.15) is 5.75 Å². The van der Waals surface area contributed by atoms with E-state index in [-0.39, 0.29) is 29.0 Å². The van der Waals surface area contributed by atoms with Gasteiger partial charge in [-0.05, 0) is 57.5 Å². The lowest BCUT2D eigenvalue weighted by Crippen LogP contribution is -2.32. The Balaban J connectivity index is 1.66. The summed E-state index contributed by atoms with van der Waals surface area (Å²) < 4.78 is 40.9. The average molecular weight is 446 g/mol. The van der Waals surface area contributed by atoms with E-state index in [1.807, 2.05) is 36.4 Å². The summed E-state index contributed by atoms with van der Waals surface area (Å²) in [4.78, 5) is 18.6. The third-order valence-corrected chi connectivity index (χ3v) is 6.06. The van der Waals surface area contributed by atoms with Crippen LogP contribution >= 0.6 is 0 Å². The molecule has 170 valence electrons. The summed E-state index contributed by atoms with van der Waals surface area (Å²) in [6.07, 6.45) is -4.06. The van der Waals surface area contributed by atoms with Gasteiger partial charge in [-0.2, -0.15) is 18.3 Å². The Labute approximate surface area is 183 Å². The molecular formula is C23H25F3N4O2. The third kappa shape index (κ3) is 3.91. The molecule has 1 aromatic carbocycles. The van der Waals surface area contributed by atoms with Gasteiger partial charge in [0, 0.05) is 48.1 Å². The zero-order chi connectivity index (χ0) is 23.4. The standard InChI is InChI=1S/C23H25F3N4O2/c1-12(2)29-10-15(8-20(29)32)11-30-14(4)17-5-6-18(27-22(17)28-30)21-13(3)7-16(9-19(21)31)23(24,25)26/h5-7,9,12,15,31H,8,10-11H2,1-4H3/t15-/m1/s1. The van der Waals surface area contributed by atoms with E-state index in [1.54, 1.807) is 6.07 Å². The fourth-order valence-corrected chi connectivity index (χ4v) is 4.39. The Morgan fingerprint density at radius 2 is 1.94 bits per heavy atom. The molecule has 4 rings (SSSR count). The molecule has 0 radical (unpaired) electrons. The highest BCUT2D eigenvalue weighted by Crippen LogP contribution is 2.39. The van der Waals surface area contributed by atoms with Crippen molar-refractivity contribution in [2.45, 2.75) is 52.9 Å². The van der Waals surface area contributed by atoms with Gasteiger partial charge in [0.05, 0.1) is 11.3 Å². The highest BCUT2D eigenvalue weighted by atomic mass is 19.4. The molecule has 0 bridgehead atoms. The smallest absolute Gasteiger partial charge is 0.416 e. The second-order valence-corrected chi connectivity index (χ2v) is 8.73. The maximum absolute atomic E-state index is 13.0. The second kappa shape index (κ2) is 7.79. The zero-order valence-corrected chi connectivity index (χ0v) is 18.4. The minimum atomic E-state index is -4.54. The molecule has 1 fully saturated rings. The number of likely N-dealkylation sites (tertiary alicyclic amines) is 1. The van der Waals surface area contributed by atoms with E-state index in [9.17, 15) is 23.1 Å². The van der Waals surface area contributed by atoms with Crippen molar-refractivity contribution in [2.75, 3.05) is 6.54 Å². The second-order valence-electron chi connectivity index (χ2n) is 8.73. The molecule has 1 atom stereocenters. The number of phenolic OH excluding ortho intramolecular Hbond substituents is 1. The number of hydrogen-bond acceptors (Lipinski definition) is 4. The summed E-state index contributed by atoms with van der Waals surface area (Å²) in [5.41, 5.74) is 1.33. The van der Waals surface area contributed by atoms with Crippen LogP contribution in [-0.4, -0.2) is 43.3 Å². The van der Waals surface area contributed by atoms with Crippen molar-refractivity contribution in [1.82, 2.24) is 19.7 Å². The van der Waals surface area contributed by atoms with E-state index in [4.69, 9.17) is 0 Å². The number of carbonyl (C=O) groups excluding carboxylic acids is 1. The number of aromatic nitrogens is 3. The van der Waals surface area contributed by atoms with Crippen molar-refractivity contribution in [3.63, 3.8) is 0 Å². The highest BCUT2D eigenvalue weighted by Gasteiger charge is 2.33. The summed E-state index contributed by atoms with van der Waals surface area (Å²) in [7, 11) is 0. The normalized spacial score (nSPS) is 17.2. The number of nitrogens with zero attached hydrogens (tertiary/aromatic N) is 4. The summed E-state index contributed by atoms with van der Waals surface area (Å²) >= 11 is 0. The number of benzene rings is 1. The van der Waals surface area contributed by atoms with Gasteiger partial charge >= 0.3 is 6.18 Å². The van der Waals surface area contributed by atoms with Gasteiger partial charge in [0.15, 0.2) is 5.65 Å². The molecule has 32 heavy (non-hydrogen) atoms. The number of alkyl halides is 3. The van der Waals surface area contributed by atoms with Gasteiger partial charge in [-0.3, -0.25) is 9.48 Å². The van der Waals surface area contributed by atoms with E-state index in [0.29, 0.717) is 30.9 Å². The lowest BCUT2D eigenvalue weighted by molar-refractivity contribution is -0.137. The first-order valence-corrected chi connectivity index (χ1v) is 10.5. The number of phenols is 1. The Kier molecular flexibility index (Phi) is 5.38. The maximum Gasteiger partial charge on any atom is 0.416 e. The molecule has 1 amide bonds. The van der Waals surface area contributed by atoms with Crippen LogP contribution in [0.5, 0.6) is 5.75 Å². The first-order chi connectivity index (χ1) is 15.0. The maximum atomic E-state index is 13.0. The van der Waals surface area contributed by atoms with Crippen LogP contribution in [0, 0.1) is 19.8 Å². The van der Waals surface area contributed by atoms with Crippen LogP contribution in [0.4, 0.5) is 13.2 Å². The predicted molar refractivity (Wildman–Crippen MR) is 114 cm³/mol. The first-order valence-electron chi connectivity index (χ1n) is 10.5. The minimum absolute atomic E-state index is 0.146. The molecule has 6 nitrogen and oxygen atoms in total. The van der Waals surface area contributed by atoms with Crippen LogP contribution in [0.2, 0.25) is 0 Å². The molecule has 1 aliphatic heterocycles. The molecule has 1 saturated heterocycles. The van der Waals surface area contributed by atoms with Crippen molar-refractivity contribution in [2.24, 2.45) is 5.92 Å². The fourth-order valence-electron chi connectivity index (χ4n) is 4.39. The van der Waals surface area contributed by atoms with Crippen LogP contribution in [0.25, 0.3) is 22.3 Å².